The van der Waals surface area contributed by atoms with Crippen molar-refractivity contribution in [2.45, 2.75) is 211 Å². The fourth-order valence-corrected chi connectivity index (χ4v) is 16.9. The number of aliphatic hydroxyl groups excluding tert-OH is 2. The van der Waals surface area contributed by atoms with Gasteiger partial charge >= 0.3 is 5.97 Å². The largest absolute Gasteiger partial charge is 0.459 e. The molecule has 38 heteroatoms. The number of nitrogens with zero attached hydrogens (tertiary/aromatic N) is 9. The van der Waals surface area contributed by atoms with Gasteiger partial charge in [0.1, 0.15) is 59.2 Å². The number of methoxy groups -OCH3 is 2. The molecule has 4 aliphatic rings. The summed E-state index contributed by atoms with van der Waals surface area (Å²) in [4.78, 5) is 124. The summed E-state index contributed by atoms with van der Waals surface area (Å²) in [5.74, 6) is -9.50. The van der Waals surface area contributed by atoms with E-state index in [1.165, 1.54) is 19.3 Å². The number of benzene rings is 2. The molecule has 4 amide bonds. The van der Waals surface area contributed by atoms with Crippen molar-refractivity contribution < 1.29 is 110 Å². The topological polar surface area (TPSA) is 517 Å². The Kier molecular flexibility index (Phi) is 41.9. The fourth-order valence-electron chi connectivity index (χ4n) is 16.9. The zero-order valence-corrected chi connectivity index (χ0v) is 77.3. The summed E-state index contributed by atoms with van der Waals surface area (Å²) in [6, 6.07) is 10.1. The van der Waals surface area contributed by atoms with Crippen LogP contribution in [0.4, 0.5) is 11.8 Å². The maximum atomic E-state index is 14.8. The number of anilines is 2. The summed E-state index contributed by atoms with van der Waals surface area (Å²) in [5, 5.41) is 57.8. The van der Waals surface area contributed by atoms with Crippen LogP contribution >= 0.6 is 0 Å². The Bertz CT molecular complexity index is 4860. The lowest BCUT2D eigenvalue weighted by molar-refractivity contribution is -0.265. The smallest absolute Gasteiger partial charge is 0.329 e. The van der Waals surface area contributed by atoms with E-state index in [1.54, 1.807) is 74.8 Å². The Labute approximate surface area is 769 Å². The van der Waals surface area contributed by atoms with Crippen LogP contribution in [0.2, 0.25) is 0 Å². The van der Waals surface area contributed by atoms with Gasteiger partial charge in [-0.25, -0.2) is 24.1 Å². The number of amides is 4. The van der Waals surface area contributed by atoms with Crippen molar-refractivity contribution in [3.63, 3.8) is 0 Å². The number of cyclic esters (lactones) is 1. The van der Waals surface area contributed by atoms with Crippen molar-refractivity contribution in [1.29, 1.82) is 0 Å². The number of Topliss-reactive ketones (excluding diaryl/α,β-unsaturated/α-hetero) is 3. The van der Waals surface area contributed by atoms with Gasteiger partial charge in [0.25, 0.3) is 23.6 Å². The van der Waals surface area contributed by atoms with E-state index in [-0.39, 0.29) is 125 Å². The van der Waals surface area contributed by atoms with Gasteiger partial charge in [-0.05, 0) is 144 Å². The number of carbonyl (C=O) groups is 8. The normalized spacial score (nSPS) is 25.2. The molecule has 15 atom stereocenters. The first-order valence-electron chi connectivity index (χ1n) is 46.1. The molecule has 1 aliphatic carbocycles. The van der Waals surface area contributed by atoms with Gasteiger partial charge in [0.05, 0.1) is 128 Å². The lowest BCUT2D eigenvalue weighted by atomic mass is 9.79. The van der Waals surface area contributed by atoms with Crippen molar-refractivity contribution in [3.8, 4) is 22.5 Å². The number of hydrogen-bond donors (Lipinski definition) is 9. The molecule has 10 rings (SSSR count). The number of aryl methyl sites for hydroxylation is 1. The molecule has 0 unspecified atom stereocenters. The Morgan fingerprint density at radius 3 is 2.06 bits per heavy atom. The number of rotatable bonds is 41. The fraction of sp³-hybridized carbons (Fsp3) is 0.617. The second-order valence-corrected chi connectivity index (χ2v) is 34.4. The number of nitrogen functional groups attached to an aromatic ring is 2. The number of carbonyl (C=O) groups excluding carboxylic acids is 8. The highest BCUT2D eigenvalue weighted by Gasteiger charge is 2.53. The lowest BCUT2D eigenvalue weighted by Gasteiger charge is -2.42. The maximum absolute atomic E-state index is 14.8. The zero-order chi connectivity index (χ0) is 94.6. The van der Waals surface area contributed by atoms with Gasteiger partial charge in [0, 0.05) is 113 Å². The molecule has 7 heterocycles. The number of piperidine rings is 1. The number of aromatic nitrogens is 8. The monoisotopic (exact) mass is 1840 g/mol. The predicted octanol–water partition coefficient (Wildman–Crippen LogP) is 6.81. The van der Waals surface area contributed by atoms with Crippen molar-refractivity contribution >= 4 is 80.9 Å². The van der Waals surface area contributed by atoms with Crippen LogP contribution in [0.5, 0.6) is 0 Å². The molecule has 12 N–H and O–H groups in total. The van der Waals surface area contributed by atoms with E-state index in [2.05, 4.69) is 41.2 Å². The molecular weight excluding hydrogens is 1710 g/mol. The van der Waals surface area contributed by atoms with Crippen LogP contribution in [-0.4, -0.2) is 294 Å². The molecule has 2 saturated heterocycles. The summed E-state index contributed by atoms with van der Waals surface area (Å²) in [6.45, 7) is 16.2. The van der Waals surface area contributed by atoms with E-state index in [9.17, 15) is 53.7 Å². The number of nitrogens with one attached hydrogen (secondary N) is 3. The number of nitrogens with two attached hydrogens (primary N) is 3. The minimum absolute atomic E-state index is 0.0000845. The number of allylic oxidation sites excluding steroid dienone is 6. The standard InChI is InChI=1S/C94H135N15O23/c1-59-17-10-9-11-18-60(2)77(121-7)55-69-25-22-64(6)94(120,132-69)87(116)91(118)107-33-14-12-21-74(107)92(119)130-78(56-75(110)61(3)50-63(5)85(114)86(115)84(113)62(4)49-59)70(95)51-65-23-26-73(79(52-65)122-8)109-57-72(104-106-109)66-19-16-20-68(53-66)90(117)100-32-38-126-42-46-127-43-39-124-36-29-81(112)99-31-37-125-41-45-129-48-47-128-44-40-123-35-28-80(111)98-30-13-15-34-108-89-82(88(96)101-58-102-89)83(105-108)67-24-27-76-71(54-67)103-93(97)131-76/h9-11,16-20,24,27,50,53-54,57-59,61-62,64-65,69-70,73-74,77-79,85-86,114-115,120H,12-15,21-23,25-26,28-49,51-52,55-56,95H2,1-8H3,(H2,97,103)(H,98,111)(H,99,112)(H,100,117)(H2,96,101,102)/b11-9?,17-10+,60-18?,63-50+/t59-,61-,62-,64-,65+,69+,70-,73+,74+,77+,78+,79-,85-,86+,94-/m1/s1. The van der Waals surface area contributed by atoms with Gasteiger partial charge in [-0.3, -0.25) is 33.6 Å². The van der Waals surface area contributed by atoms with Crippen LogP contribution in [0.25, 0.3) is 44.6 Å². The van der Waals surface area contributed by atoms with Gasteiger partial charge in [-0.15, -0.1) is 5.10 Å². The van der Waals surface area contributed by atoms with Gasteiger partial charge in [-0.1, -0.05) is 81.5 Å². The van der Waals surface area contributed by atoms with Crippen molar-refractivity contribution in [2.24, 2.45) is 35.3 Å². The Hall–Kier alpha value is -10.0. The van der Waals surface area contributed by atoms with E-state index in [0.717, 1.165) is 28.9 Å². The van der Waals surface area contributed by atoms with Crippen LogP contribution in [0, 0.1) is 29.6 Å². The molecule has 4 aromatic heterocycles. The number of ketones is 3. The zero-order valence-electron chi connectivity index (χ0n) is 77.3. The lowest BCUT2D eigenvalue weighted by Crippen LogP contribution is -2.61. The number of ether oxygens (including phenoxy) is 11. The summed E-state index contributed by atoms with van der Waals surface area (Å²) in [6.07, 6.45) is 13.7. The number of unbranched alkanes of at least 4 members (excludes halogenated alkanes) is 1. The molecule has 0 radical (unpaired) electrons. The second kappa shape index (κ2) is 53.2. The Balaban J connectivity index is 0.570. The van der Waals surface area contributed by atoms with E-state index in [1.807, 2.05) is 62.4 Å². The van der Waals surface area contributed by atoms with Crippen LogP contribution < -0.4 is 33.2 Å². The van der Waals surface area contributed by atoms with Crippen LogP contribution in [0.1, 0.15) is 161 Å². The summed E-state index contributed by atoms with van der Waals surface area (Å²) >= 11 is 0. The SMILES string of the molecule is CO[C@H]1C[C@@H]2CC[C@@H](C)[C@@](O)(O2)C(=O)C(=O)N2CCCC[C@H]2C(=O)O[C@H]([C@H](N)C[C@@H]2CC[C@H](n3cc(-c4cccc(C(=O)NCCOCCOCCOCCC(=O)NCCOCCOCCOCCOCCC(=O)NCCCCn5nc(-c6ccc7oc(N)nc7c6)c6c(N)ncnc65)c4)nn3)[C@H](OC)C2)CC(=O)[C@H](C)/C=C(\C)[C@@H](O)[C@@H](O)C(=O)[C@H](C)C[C@H](C)/C=C/C=CC=C1C. The highest BCUT2D eigenvalue weighted by molar-refractivity contribution is 6.39. The molecule has 1 saturated carbocycles. The average molecular weight is 1840 g/mol. The van der Waals surface area contributed by atoms with Crippen LogP contribution in [-0.2, 0) is 92.2 Å². The third-order valence-corrected chi connectivity index (χ3v) is 24.5. The second-order valence-electron chi connectivity index (χ2n) is 34.4. The molecule has 724 valence electrons. The third kappa shape index (κ3) is 30.8. The van der Waals surface area contributed by atoms with Crippen LogP contribution in [0.15, 0.2) is 107 Å². The molecular formula is C94H135N15O23. The number of esters is 1. The number of fused-ring (bicyclic) bond motifs is 5. The molecule has 0 spiro atoms. The molecule has 3 fully saturated rings. The van der Waals surface area contributed by atoms with Gasteiger partial charge < -0.3 is 110 Å². The number of oxazole rings is 1. The summed E-state index contributed by atoms with van der Waals surface area (Å²) in [7, 11) is 3.15. The summed E-state index contributed by atoms with van der Waals surface area (Å²) in [5.41, 5.74) is 24.9. The molecule has 6 aromatic rings. The van der Waals surface area contributed by atoms with Crippen molar-refractivity contribution in [1.82, 2.24) is 60.6 Å². The van der Waals surface area contributed by atoms with Crippen LogP contribution in [0.3, 0.4) is 0 Å². The van der Waals surface area contributed by atoms with Crippen molar-refractivity contribution in [2.75, 3.05) is 144 Å². The minimum atomic E-state index is -2.51. The maximum Gasteiger partial charge on any atom is 0.329 e. The Morgan fingerprint density at radius 1 is 0.697 bits per heavy atom. The first kappa shape index (κ1) is 104. The number of aliphatic hydroxyl groups is 3. The average Bonchev–Trinajstić information content (AvgIpc) is 1.50. The van der Waals surface area contributed by atoms with Crippen molar-refractivity contribution in [3.05, 3.63) is 108 Å². The highest BCUT2D eigenvalue weighted by Crippen LogP contribution is 2.40. The molecule has 2 bridgehead atoms. The van der Waals surface area contributed by atoms with E-state index in [4.69, 9.17) is 78.8 Å². The van der Waals surface area contributed by atoms with E-state index >= 15 is 0 Å². The minimum Gasteiger partial charge on any atom is -0.459 e. The Morgan fingerprint density at radius 2 is 1.37 bits per heavy atom. The quantitative estimate of drug-likeness (QED) is 0.00823. The van der Waals surface area contributed by atoms with E-state index < -0.39 is 108 Å². The molecule has 132 heavy (non-hydrogen) atoms. The number of hydrogen-bond acceptors (Lipinski definition) is 32. The highest BCUT2D eigenvalue weighted by atomic mass is 16.6. The predicted molar refractivity (Wildman–Crippen MR) is 487 cm³/mol. The van der Waals surface area contributed by atoms with E-state index in [0.29, 0.717) is 181 Å². The first-order valence-corrected chi connectivity index (χ1v) is 46.1. The van der Waals surface area contributed by atoms with Gasteiger partial charge in [0.15, 0.2) is 17.0 Å². The third-order valence-electron chi connectivity index (χ3n) is 24.5. The molecule has 2 aromatic carbocycles. The summed E-state index contributed by atoms with van der Waals surface area (Å²) < 4.78 is 72.6. The van der Waals surface area contributed by atoms with Gasteiger partial charge in [0.2, 0.25) is 17.6 Å². The molecule has 38 nitrogen and oxygen atoms in total. The molecule has 3 aliphatic heterocycles. The van der Waals surface area contributed by atoms with Gasteiger partial charge in [-0.2, -0.15) is 10.1 Å². The first-order chi connectivity index (χ1) is 63.6.